The zero-order valence-electron chi connectivity index (χ0n) is 41.0. The number of allylic oxidation sites excluding steroid dienone is 20. The fourth-order valence-electron chi connectivity index (χ4n) is 6.45. The van der Waals surface area contributed by atoms with Crippen molar-refractivity contribution in [3.63, 3.8) is 0 Å². The van der Waals surface area contributed by atoms with Crippen LogP contribution in [0, 0.1) is 0 Å². The van der Waals surface area contributed by atoms with Crippen LogP contribution >= 0.6 is 0 Å². The normalized spacial score (nSPS) is 13.1. The molecule has 0 rings (SSSR count). The first kappa shape index (κ1) is 59.8. The minimum atomic E-state index is -0.826. The van der Waals surface area contributed by atoms with Gasteiger partial charge in [-0.05, 0) is 109 Å². The zero-order valence-corrected chi connectivity index (χ0v) is 41.0. The highest BCUT2D eigenvalue weighted by Gasteiger charge is 2.19. The monoisotopic (exact) mass is 885 g/mol. The SMILES string of the molecule is CC\C=C/C=C\C=C/CCCCCCCC(=O)OCC(COC(=O)CCC/C=C\C/C=C\C/C=C\CCCCCCCC)OC(=O)CCCCC/C=C\C/C=C\C/C=C\C/C=C\CC. The van der Waals surface area contributed by atoms with E-state index in [1.807, 2.05) is 6.08 Å². The van der Waals surface area contributed by atoms with Gasteiger partial charge in [0, 0.05) is 19.3 Å². The molecular formula is C58H92O6. The minimum Gasteiger partial charge on any atom is -0.462 e. The Balaban J connectivity index is 4.57. The van der Waals surface area contributed by atoms with Crippen LogP contribution < -0.4 is 0 Å². The maximum absolute atomic E-state index is 12.8. The van der Waals surface area contributed by atoms with Crippen LogP contribution in [0.2, 0.25) is 0 Å². The molecule has 1 unspecified atom stereocenters. The number of rotatable bonds is 44. The Morgan fingerprint density at radius 3 is 1.20 bits per heavy atom. The second-order valence-electron chi connectivity index (χ2n) is 16.4. The molecule has 0 fully saturated rings. The van der Waals surface area contributed by atoms with Gasteiger partial charge in [-0.2, -0.15) is 0 Å². The third-order valence-corrected chi connectivity index (χ3v) is 10.2. The molecule has 0 aromatic heterocycles. The van der Waals surface area contributed by atoms with Crippen molar-refractivity contribution < 1.29 is 28.6 Å². The van der Waals surface area contributed by atoms with Crippen molar-refractivity contribution in [2.75, 3.05) is 13.2 Å². The van der Waals surface area contributed by atoms with Crippen molar-refractivity contribution in [3.05, 3.63) is 122 Å². The molecular weight excluding hydrogens is 793 g/mol. The largest absolute Gasteiger partial charge is 0.462 e. The van der Waals surface area contributed by atoms with Gasteiger partial charge in [0.25, 0.3) is 0 Å². The number of ether oxygens (including phenoxy) is 3. The average Bonchev–Trinajstić information content (AvgIpc) is 3.29. The van der Waals surface area contributed by atoms with Crippen LogP contribution in [0.3, 0.4) is 0 Å². The predicted molar refractivity (Wildman–Crippen MR) is 274 cm³/mol. The van der Waals surface area contributed by atoms with E-state index < -0.39 is 6.10 Å². The van der Waals surface area contributed by atoms with Crippen LogP contribution in [-0.4, -0.2) is 37.2 Å². The Bertz CT molecular complexity index is 1390. The summed E-state index contributed by atoms with van der Waals surface area (Å²) in [6.07, 6.45) is 70.5. The van der Waals surface area contributed by atoms with Crippen LogP contribution in [0.1, 0.15) is 207 Å². The predicted octanol–water partition coefficient (Wildman–Crippen LogP) is 16.9. The van der Waals surface area contributed by atoms with Gasteiger partial charge in [-0.1, -0.05) is 200 Å². The van der Waals surface area contributed by atoms with Crippen molar-refractivity contribution in [1.29, 1.82) is 0 Å². The Morgan fingerprint density at radius 1 is 0.344 bits per heavy atom. The molecule has 6 nitrogen and oxygen atoms in total. The standard InChI is InChI=1S/C58H92O6/c1-4-7-10-13-16-19-22-25-27-29-31-33-36-39-42-45-48-51-57(60)63-54-55(53-62-56(59)50-47-44-41-38-35-32-24-21-18-15-12-9-6-3)64-58(61)52-49-46-43-40-37-34-30-28-26-23-20-17-14-11-8-5-2/h8-9,11-12,15,17-18,20-21,24-28,31,33-34,37,39,42,55H,4-7,10,13-14,16,19,22-23,29-30,32,35-36,38,40-41,43-54H2,1-3H3/b11-8-,12-9-,18-15-,20-17-,24-21-,27-25-,28-26-,33-31-,37-34-,42-39-. The molecule has 1 atom stereocenters. The molecule has 0 bridgehead atoms. The van der Waals surface area contributed by atoms with Crippen molar-refractivity contribution in [2.45, 2.75) is 213 Å². The molecule has 0 aliphatic rings. The summed E-state index contributed by atoms with van der Waals surface area (Å²) in [6.45, 7) is 6.27. The van der Waals surface area contributed by atoms with Gasteiger partial charge in [-0.25, -0.2) is 0 Å². The molecule has 0 spiro atoms. The molecule has 0 saturated heterocycles. The number of hydrogen-bond donors (Lipinski definition) is 0. The molecule has 360 valence electrons. The molecule has 0 amide bonds. The van der Waals surface area contributed by atoms with Gasteiger partial charge in [-0.3, -0.25) is 14.4 Å². The number of unbranched alkanes of at least 4 members (excludes halogenated alkanes) is 15. The molecule has 0 aromatic rings. The van der Waals surface area contributed by atoms with E-state index in [-0.39, 0.29) is 44.0 Å². The quantitative estimate of drug-likeness (QED) is 0.0199. The molecule has 0 saturated carbocycles. The van der Waals surface area contributed by atoms with E-state index in [4.69, 9.17) is 14.2 Å². The van der Waals surface area contributed by atoms with Crippen LogP contribution in [0.15, 0.2) is 122 Å². The molecule has 0 radical (unpaired) electrons. The molecule has 0 aliphatic heterocycles. The Labute approximate surface area is 392 Å². The van der Waals surface area contributed by atoms with E-state index in [1.54, 1.807) is 0 Å². The number of esters is 3. The van der Waals surface area contributed by atoms with Crippen molar-refractivity contribution in [3.8, 4) is 0 Å². The lowest BCUT2D eigenvalue weighted by Gasteiger charge is -2.18. The van der Waals surface area contributed by atoms with Gasteiger partial charge in [0.1, 0.15) is 13.2 Å². The van der Waals surface area contributed by atoms with E-state index in [2.05, 4.69) is 136 Å². The van der Waals surface area contributed by atoms with E-state index in [9.17, 15) is 14.4 Å². The Kier molecular flexibility index (Phi) is 48.1. The van der Waals surface area contributed by atoms with Gasteiger partial charge < -0.3 is 14.2 Å². The van der Waals surface area contributed by atoms with Crippen molar-refractivity contribution in [2.24, 2.45) is 0 Å². The average molecular weight is 885 g/mol. The smallest absolute Gasteiger partial charge is 0.306 e. The molecule has 0 aliphatic carbocycles. The molecule has 0 heterocycles. The highest BCUT2D eigenvalue weighted by atomic mass is 16.6. The first-order valence-electron chi connectivity index (χ1n) is 25.6. The van der Waals surface area contributed by atoms with Crippen LogP contribution in [0.25, 0.3) is 0 Å². The number of hydrogen-bond acceptors (Lipinski definition) is 6. The van der Waals surface area contributed by atoms with Crippen LogP contribution in [-0.2, 0) is 28.6 Å². The minimum absolute atomic E-state index is 0.121. The third-order valence-electron chi connectivity index (χ3n) is 10.2. The molecule has 64 heavy (non-hydrogen) atoms. The zero-order chi connectivity index (χ0) is 46.5. The van der Waals surface area contributed by atoms with Crippen molar-refractivity contribution >= 4 is 17.9 Å². The van der Waals surface area contributed by atoms with Crippen LogP contribution in [0.4, 0.5) is 0 Å². The summed E-state index contributed by atoms with van der Waals surface area (Å²) < 4.78 is 16.7. The fourth-order valence-corrected chi connectivity index (χ4v) is 6.45. The van der Waals surface area contributed by atoms with Gasteiger partial charge in [0.05, 0.1) is 0 Å². The highest BCUT2D eigenvalue weighted by molar-refractivity contribution is 5.71. The van der Waals surface area contributed by atoms with E-state index in [1.165, 1.54) is 44.9 Å². The molecule has 0 N–H and O–H groups in total. The summed E-state index contributed by atoms with van der Waals surface area (Å²) in [5, 5.41) is 0. The lowest BCUT2D eigenvalue weighted by atomic mass is 10.1. The van der Waals surface area contributed by atoms with Crippen LogP contribution in [0.5, 0.6) is 0 Å². The second kappa shape index (κ2) is 51.4. The van der Waals surface area contributed by atoms with E-state index in [0.717, 1.165) is 109 Å². The third kappa shape index (κ3) is 48.8. The summed E-state index contributed by atoms with van der Waals surface area (Å²) in [6, 6.07) is 0. The maximum Gasteiger partial charge on any atom is 0.306 e. The van der Waals surface area contributed by atoms with Gasteiger partial charge in [-0.15, -0.1) is 0 Å². The summed E-state index contributed by atoms with van der Waals surface area (Å²) in [7, 11) is 0. The Hall–Kier alpha value is -4.19. The fraction of sp³-hybridized carbons (Fsp3) is 0.603. The number of carbonyl (C=O) groups is 3. The van der Waals surface area contributed by atoms with Gasteiger partial charge in [0.2, 0.25) is 0 Å². The highest BCUT2D eigenvalue weighted by Crippen LogP contribution is 2.12. The lowest BCUT2D eigenvalue weighted by molar-refractivity contribution is -0.167. The molecule has 0 aromatic carbocycles. The van der Waals surface area contributed by atoms with Gasteiger partial charge >= 0.3 is 17.9 Å². The second-order valence-corrected chi connectivity index (χ2v) is 16.4. The number of carbonyl (C=O) groups excluding carboxylic acids is 3. The first-order chi connectivity index (χ1) is 31.5. The summed E-state index contributed by atoms with van der Waals surface area (Å²) in [5.74, 6) is -1.03. The summed E-state index contributed by atoms with van der Waals surface area (Å²) in [5.41, 5.74) is 0. The molecule has 6 heteroatoms. The maximum atomic E-state index is 12.8. The first-order valence-corrected chi connectivity index (χ1v) is 25.6. The topological polar surface area (TPSA) is 78.9 Å². The van der Waals surface area contributed by atoms with E-state index >= 15 is 0 Å². The summed E-state index contributed by atoms with van der Waals surface area (Å²) >= 11 is 0. The van der Waals surface area contributed by atoms with Crippen molar-refractivity contribution in [1.82, 2.24) is 0 Å². The summed E-state index contributed by atoms with van der Waals surface area (Å²) in [4.78, 5) is 37.9. The van der Waals surface area contributed by atoms with Gasteiger partial charge in [0.15, 0.2) is 6.10 Å². The Morgan fingerprint density at radius 2 is 0.703 bits per heavy atom. The lowest BCUT2D eigenvalue weighted by Crippen LogP contribution is -2.30. The van der Waals surface area contributed by atoms with E-state index in [0.29, 0.717) is 19.3 Å².